The fraction of sp³-hybridized carbons (Fsp3) is 0.125. The molecule has 0 amide bonds. The molecule has 0 aliphatic heterocycles. The molecule has 3 rings (SSSR count). The van der Waals surface area contributed by atoms with Gasteiger partial charge in [0.2, 0.25) is 0 Å². The van der Waals surface area contributed by atoms with Gasteiger partial charge in [0.25, 0.3) is 0 Å². The molecular formula is C16H15FN4. The van der Waals surface area contributed by atoms with Crippen molar-refractivity contribution >= 4 is 11.0 Å². The van der Waals surface area contributed by atoms with Crippen LogP contribution in [0.5, 0.6) is 0 Å². The first kappa shape index (κ1) is 13.6. The second kappa shape index (κ2) is 5.55. The normalized spacial score (nSPS) is 12.5. The van der Waals surface area contributed by atoms with Gasteiger partial charge in [0.05, 0.1) is 29.0 Å². The minimum absolute atomic E-state index is 0.263. The van der Waals surface area contributed by atoms with Crippen molar-refractivity contribution in [2.75, 3.05) is 0 Å². The van der Waals surface area contributed by atoms with E-state index >= 15 is 0 Å². The molecule has 0 saturated carbocycles. The topological polar surface area (TPSA) is 63.8 Å². The number of aromatic nitrogens is 2. The lowest BCUT2D eigenvalue weighted by Crippen LogP contribution is -2.29. The lowest BCUT2D eigenvalue weighted by molar-refractivity contribution is 0.592. The Balaban J connectivity index is 2.06. The fourth-order valence-electron chi connectivity index (χ4n) is 2.25. The molecular weight excluding hydrogens is 267 g/mol. The summed E-state index contributed by atoms with van der Waals surface area (Å²) in [5.41, 5.74) is 6.23. The number of rotatable bonds is 3. The van der Waals surface area contributed by atoms with Crippen LogP contribution in [0, 0.1) is 12.7 Å². The highest BCUT2D eigenvalue weighted by Crippen LogP contribution is 2.22. The summed E-state index contributed by atoms with van der Waals surface area (Å²) in [5, 5.41) is 0. The molecule has 3 aromatic rings. The maximum atomic E-state index is 13.7. The van der Waals surface area contributed by atoms with E-state index in [1.807, 2.05) is 30.3 Å². The molecule has 2 aromatic carbocycles. The monoisotopic (exact) mass is 282 g/mol. The van der Waals surface area contributed by atoms with E-state index in [0.717, 1.165) is 11.0 Å². The number of nitrogens with one attached hydrogen (secondary N) is 1. The van der Waals surface area contributed by atoms with E-state index < -0.39 is 6.04 Å². The zero-order chi connectivity index (χ0) is 14.8. The van der Waals surface area contributed by atoms with E-state index in [4.69, 9.17) is 5.84 Å². The standard InChI is InChI=1S/C16H15FN4/c1-10-6-7-11(8-12(10)17)16(21-18)15-9-19-13-4-2-3-5-14(13)20-15/h2-9,16,21H,18H2,1H3. The molecule has 1 heterocycles. The molecule has 1 unspecified atom stereocenters. The predicted octanol–water partition coefficient (Wildman–Crippen LogP) is 2.63. The highest BCUT2D eigenvalue weighted by Gasteiger charge is 2.16. The third-order valence-corrected chi connectivity index (χ3v) is 3.46. The average molecular weight is 282 g/mol. The van der Waals surface area contributed by atoms with E-state index in [1.54, 1.807) is 19.2 Å². The number of nitrogens with two attached hydrogens (primary N) is 1. The number of hydrogen-bond donors (Lipinski definition) is 2. The van der Waals surface area contributed by atoms with Gasteiger partial charge in [-0.15, -0.1) is 0 Å². The Kier molecular flexibility index (Phi) is 3.60. The zero-order valence-corrected chi connectivity index (χ0v) is 11.5. The first-order chi connectivity index (χ1) is 10.2. The third-order valence-electron chi connectivity index (χ3n) is 3.46. The quantitative estimate of drug-likeness (QED) is 0.572. The van der Waals surface area contributed by atoms with Crippen LogP contribution in [0.4, 0.5) is 4.39 Å². The molecule has 0 bridgehead atoms. The summed E-state index contributed by atoms with van der Waals surface area (Å²) < 4.78 is 13.7. The van der Waals surface area contributed by atoms with Gasteiger partial charge in [0.15, 0.2) is 0 Å². The van der Waals surface area contributed by atoms with E-state index in [9.17, 15) is 4.39 Å². The molecule has 3 N–H and O–H groups in total. The first-order valence-corrected chi connectivity index (χ1v) is 6.63. The minimum atomic E-state index is -0.405. The van der Waals surface area contributed by atoms with Gasteiger partial charge in [-0.3, -0.25) is 10.8 Å². The Morgan fingerprint density at radius 3 is 2.62 bits per heavy atom. The summed E-state index contributed by atoms with van der Waals surface area (Å²) in [7, 11) is 0. The Hall–Kier alpha value is -2.37. The van der Waals surface area contributed by atoms with Crippen molar-refractivity contribution in [1.82, 2.24) is 15.4 Å². The van der Waals surface area contributed by atoms with Crippen LogP contribution in [-0.2, 0) is 0 Å². The Labute approximate surface area is 121 Å². The van der Waals surface area contributed by atoms with E-state index in [1.165, 1.54) is 6.07 Å². The second-order valence-corrected chi connectivity index (χ2v) is 4.89. The van der Waals surface area contributed by atoms with Crippen molar-refractivity contribution < 1.29 is 4.39 Å². The Morgan fingerprint density at radius 2 is 1.90 bits per heavy atom. The first-order valence-electron chi connectivity index (χ1n) is 6.63. The maximum absolute atomic E-state index is 13.7. The van der Waals surface area contributed by atoms with E-state index in [2.05, 4.69) is 15.4 Å². The summed E-state index contributed by atoms with van der Waals surface area (Å²) in [6, 6.07) is 12.2. The van der Waals surface area contributed by atoms with Gasteiger partial charge in [-0.05, 0) is 36.2 Å². The SMILES string of the molecule is Cc1ccc(C(NN)c2cnc3ccccc3n2)cc1F. The van der Waals surface area contributed by atoms with Gasteiger partial charge in [-0.1, -0.05) is 24.3 Å². The molecule has 106 valence electrons. The number of nitrogens with zero attached hydrogens (tertiary/aromatic N) is 2. The Bertz CT molecular complexity index is 788. The van der Waals surface area contributed by atoms with Crippen molar-refractivity contribution in [3.63, 3.8) is 0 Å². The van der Waals surface area contributed by atoms with E-state index in [-0.39, 0.29) is 5.82 Å². The lowest BCUT2D eigenvalue weighted by atomic mass is 10.0. The average Bonchev–Trinajstić information content (AvgIpc) is 2.51. The molecule has 1 atom stereocenters. The Morgan fingerprint density at radius 1 is 1.14 bits per heavy atom. The number of halogens is 1. The zero-order valence-electron chi connectivity index (χ0n) is 11.5. The summed E-state index contributed by atoms with van der Waals surface area (Å²) in [6.07, 6.45) is 1.66. The van der Waals surface area contributed by atoms with Crippen LogP contribution >= 0.6 is 0 Å². The molecule has 0 aliphatic carbocycles. The smallest absolute Gasteiger partial charge is 0.126 e. The van der Waals surface area contributed by atoms with Gasteiger partial charge in [0, 0.05) is 0 Å². The van der Waals surface area contributed by atoms with Gasteiger partial charge in [0.1, 0.15) is 5.82 Å². The summed E-state index contributed by atoms with van der Waals surface area (Å²) in [4.78, 5) is 8.91. The fourth-order valence-corrected chi connectivity index (χ4v) is 2.25. The van der Waals surface area contributed by atoms with Crippen LogP contribution in [0.2, 0.25) is 0 Å². The molecule has 21 heavy (non-hydrogen) atoms. The van der Waals surface area contributed by atoms with Crippen molar-refractivity contribution in [3.8, 4) is 0 Å². The predicted molar refractivity (Wildman–Crippen MR) is 79.8 cm³/mol. The van der Waals surface area contributed by atoms with Crippen molar-refractivity contribution in [2.45, 2.75) is 13.0 Å². The third kappa shape index (κ3) is 2.61. The number of para-hydroxylation sites is 2. The van der Waals surface area contributed by atoms with Gasteiger partial charge >= 0.3 is 0 Å². The van der Waals surface area contributed by atoms with E-state index in [0.29, 0.717) is 16.8 Å². The van der Waals surface area contributed by atoms with Crippen molar-refractivity contribution in [2.24, 2.45) is 5.84 Å². The molecule has 1 aromatic heterocycles. The van der Waals surface area contributed by atoms with Gasteiger partial charge in [-0.2, -0.15) is 0 Å². The molecule has 0 fully saturated rings. The molecule has 0 saturated heterocycles. The largest absolute Gasteiger partial charge is 0.271 e. The van der Waals surface area contributed by atoms with Crippen LogP contribution in [0.25, 0.3) is 11.0 Å². The number of benzene rings is 2. The molecule has 5 heteroatoms. The summed E-state index contributed by atoms with van der Waals surface area (Å²) in [5.74, 6) is 5.37. The van der Waals surface area contributed by atoms with Crippen LogP contribution in [0.3, 0.4) is 0 Å². The van der Waals surface area contributed by atoms with Gasteiger partial charge in [-0.25, -0.2) is 14.8 Å². The molecule has 0 radical (unpaired) electrons. The van der Waals surface area contributed by atoms with Crippen LogP contribution in [-0.4, -0.2) is 9.97 Å². The van der Waals surface area contributed by atoms with Gasteiger partial charge < -0.3 is 0 Å². The van der Waals surface area contributed by atoms with Crippen molar-refractivity contribution in [3.05, 3.63) is 71.3 Å². The molecule has 4 nitrogen and oxygen atoms in total. The second-order valence-electron chi connectivity index (χ2n) is 4.89. The number of fused-ring (bicyclic) bond motifs is 1. The minimum Gasteiger partial charge on any atom is -0.271 e. The van der Waals surface area contributed by atoms with Crippen molar-refractivity contribution in [1.29, 1.82) is 0 Å². The highest BCUT2D eigenvalue weighted by atomic mass is 19.1. The number of hydrogen-bond acceptors (Lipinski definition) is 4. The number of aryl methyl sites for hydroxylation is 1. The lowest BCUT2D eigenvalue weighted by Gasteiger charge is -2.16. The van der Waals surface area contributed by atoms with Crippen LogP contribution < -0.4 is 11.3 Å². The number of hydrazine groups is 1. The van der Waals surface area contributed by atoms with Crippen LogP contribution in [0.1, 0.15) is 22.9 Å². The maximum Gasteiger partial charge on any atom is 0.126 e. The van der Waals surface area contributed by atoms with Crippen LogP contribution in [0.15, 0.2) is 48.7 Å². The highest BCUT2D eigenvalue weighted by molar-refractivity contribution is 5.73. The summed E-state index contributed by atoms with van der Waals surface area (Å²) in [6.45, 7) is 1.72. The summed E-state index contributed by atoms with van der Waals surface area (Å²) >= 11 is 0. The molecule has 0 spiro atoms. The molecule has 0 aliphatic rings.